The van der Waals surface area contributed by atoms with Crippen LogP contribution in [0.4, 0.5) is 5.95 Å². The van der Waals surface area contributed by atoms with Crippen molar-refractivity contribution < 1.29 is 4.79 Å². The van der Waals surface area contributed by atoms with Crippen molar-refractivity contribution >= 4 is 22.8 Å². The van der Waals surface area contributed by atoms with Crippen LogP contribution in [0.1, 0.15) is 44.9 Å². The summed E-state index contributed by atoms with van der Waals surface area (Å²) in [6.07, 6.45) is 7.58. The average molecular weight is 415 g/mol. The van der Waals surface area contributed by atoms with Crippen molar-refractivity contribution in [3.05, 3.63) is 54.6 Å². The molecule has 1 aromatic heterocycles. The fraction of sp³-hybridized carbons (Fsp3) is 0.423. The molecule has 0 spiro atoms. The van der Waals surface area contributed by atoms with Gasteiger partial charge in [-0.05, 0) is 37.7 Å². The van der Waals surface area contributed by atoms with E-state index in [0.717, 1.165) is 54.0 Å². The number of benzene rings is 2. The second kappa shape index (κ2) is 9.04. The van der Waals surface area contributed by atoms with Gasteiger partial charge in [0, 0.05) is 36.5 Å². The van der Waals surface area contributed by atoms with E-state index < -0.39 is 0 Å². The first-order valence-electron chi connectivity index (χ1n) is 11.6. The summed E-state index contributed by atoms with van der Waals surface area (Å²) in [5.41, 5.74) is 3.06. The molecular formula is C26H30N4O. The minimum atomic E-state index is 0.235. The number of hydrogen-bond acceptors (Lipinski definition) is 4. The number of anilines is 1. The third kappa shape index (κ3) is 4.55. The maximum atomic E-state index is 12.4. The number of carbonyl (C=O) groups is 1. The van der Waals surface area contributed by atoms with Gasteiger partial charge >= 0.3 is 0 Å². The summed E-state index contributed by atoms with van der Waals surface area (Å²) in [7, 11) is 0. The Morgan fingerprint density at radius 2 is 1.61 bits per heavy atom. The number of aromatic nitrogens is 2. The van der Waals surface area contributed by atoms with Crippen molar-refractivity contribution in [2.45, 2.75) is 51.0 Å². The molecule has 1 N–H and O–H groups in total. The number of piperidine rings is 1. The van der Waals surface area contributed by atoms with Gasteiger partial charge in [0.15, 0.2) is 0 Å². The number of para-hydroxylation sites is 1. The molecule has 31 heavy (non-hydrogen) atoms. The molecule has 2 fully saturated rings. The van der Waals surface area contributed by atoms with Gasteiger partial charge in [0.2, 0.25) is 11.9 Å². The lowest BCUT2D eigenvalue weighted by atomic mass is 10.0. The summed E-state index contributed by atoms with van der Waals surface area (Å²) < 4.78 is 0. The molecule has 1 amide bonds. The van der Waals surface area contributed by atoms with Gasteiger partial charge in [-0.3, -0.25) is 4.79 Å². The summed E-state index contributed by atoms with van der Waals surface area (Å²) in [5, 5.41) is 4.35. The molecule has 5 nitrogen and oxygen atoms in total. The average Bonchev–Trinajstić information content (AvgIpc) is 3.32. The van der Waals surface area contributed by atoms with Crippen LogP contribution < -0.4 is 10.2 Å². The van der Waals surface area contributed by atoms with Crippen molar-refractivity contribution in [3.63, 3.8) is 0 Å². The Morgan fingerprint density at radius 1 is 0.903 bits per heavy atom. The van der Waals surface area contributed by atoms with Crippen LogP contribution >= 0.6 is 0 Å². The highest BCUT2D eigenvalue weighted by atomic mass is 16.1. The summed E-state index contributed by atoms with van der Waals surface area (Å²) in [5.74, 6) is 1.62. The van der Waals surface area contributed by atoms with Crippen molar-refractivity contribution in [3.8, 4) is 11.3 Å². The molecule has 1 saturated carbocycles. The van der Waals surface area contributed by atoms with E-state index in [9.17, 15) is 4.79 Å². The van der Waals surface area contributed by atoms with Crippen molar-refractivity contribution in [2.24, 2.45) is 5.92 Å². The third-order valence-corrected chi connectivity index (χ3v) is 6.73. The fourth-order valence-corrected chi connectivity index (χ4v) is 5.01. The van der Waals surface area contributed by atoms with Gasteiger partial charge in [-0.25, -0.2) is 9.97 Å². The monoisotopic (exact) mass is 414 g/mol. The molecule has 1 aliphatic carbocycles. The van der Waals surface area contributed by atoms with E-state index in [2.05, 4.69) is 34.5 Å². The van der Waals surface area contributed by atoms with Crippen LogP contribution in [0.15, 0.2) is 54.6 Å². The Morgan fingerprint density at radius 3 is 2.39 bits per heavy atom. The van der Waals surface area contributed by atoms with Crippen molar-refractivity contribution in [2.75, 3.05) is 18.0 Å². The first kappa shape index (κ1) is 20.0. The zero-order valence-corrected chi connectivity index (χ0v) is 18.0. The highest BCUT2D eigenvalue weighted by Gasteiger charge is 2.25. The lowest BCUT2D eigenvalue weighted by Gasteiger charge is -2.33. The summed E-state index contributed by atoms with van der Waals surface area (Å²) >= 11 is 0. The lowest BCUT2D eigenvalue weighted by molar-refractivity contribution is -0.122. The highest BCUT2D eigenvalue weighted by molar-refractivity contribution is 5.93. The van der Waals surface area contributed by atoms with Crippen LogP contribution in [0.3, 0.4) is 0 Å². The van der Waals surface area contributed by atoms with Gasteiger partial charge in [-0.2, -0.15) is 0 Å². The van der Waals surface area contributed by atoms with E-state index >= 15 is 0 Å². The molecule has 5 rings (SSSR count). The van der Waals surface area contributed by atoms with Crippen LogP contribution in [0.25, 0.3) is 22.2 Å². The van der Waals surface area contributed by atoms with E-state index in [4.69, 9.17) is 9.97 Å². The Hall–Kier alpha value is -2.95. The van der Waals surface area contributed by atoms with Crippen LogP contribution in [-0.4, -0.2) is 35.0 Å². The zero-order chi connectivity index (χ0) is 21.0. The molecule has 0 radical (unpaired) electrons. The molecule has 1 saturated heterocycles. The number of nitrogens with one attached hydrogen (secondary N) is 1. The van der Waals surface area contributed by atoms with Crippen LogP contribution in [-0.2, 0) is 4.79 Å². The molecular weight excluding hydrogens is 384 g/mol. The zero-order valence-electron chi connectivity index (χ0n) is 18.0. The van der Waals surface area contributed by atoms with Gasteiger partial charge in [-0.15, -0.1) is 0 Å². The molecule has 2 aromatic carbocycles. The lowest BCUT2D eigenvalue weighted by Crippen LogP contribution is -2.45. The summed E-state index contributed by atoms with van der Waals surface area (Å²) in [4.78, 5) is 24.5. The molecule has 2 aliphatic rings. The molecule has 0 unspecified atom stereocenters. The quantitative estimate of drug-likeness (QED) is 0.641. The van der Waals surface area contributed by atoms with Crippen LogP contribution in [0, 0.1) is 5.92 Å². The topological polar surface area (TPSA) is 58.1 Å². The number of carbonyl (C=O) groups excluding carboxylic acids is 1. The molecule has 2 heterocycles. The largest absolute Gasteiger partial charge is 0.353 e. The SMILES string of the molecule is O=C(CC1CCCC1)NC1CCN(c2nc(-c3ccccc3)c3ccccc3n2)CC1. The summed E-state index contributed by atoms with van der Waals surface area (Å²) in [6, 6.07) is 18.8. The maximum absolute atomic E-state index is 12.4. The fourth-order valence-electron chi connectivity index (χ4n) is 5.01. The normalized spacial score (nSPS) is 17.9. The third-order valence-electron chi connectivity index (χ3n) is 6.73. The van der Waals surface area contributed by atoms with E-state index in [0.29, 0.717) is 12.3 Å². The smallest absolute Gasteiger partial charge is 0.226 e. The predicted octanol–water partition coefficient (Wildman–Crippen LogP) is 4.96. The summed E-state index contributed by atoms with van der Waals surface area (Å²) in [6.45, 7) is 1.72. The van der Waals surface area contributed by atoms with E-state index in [1.807, 2.05) is 30.3 Å². The van der Waals surface area contributed by atoms with Gasteiger partial charge in [0.25, 0.3) is 0 Å². The minimum Gasteiger partial charge on any atom is -0.353 e. The van der Waals surface area contributed by atoms with Crippen molar-refractivity contribution in [1.29, 1.82) is 0 Å². The number of hydrogen-bond donors (Lipinski definition) is 1. The van der Waals surface area contributed by atoms with E-state index in [-0.39, 0.29) is 11.9 Å². The second-order valence-corrected chi connectivity index (χ2v) is 8.94. The van der Waals surface area contributed by atoms with Gasteiger partial charge < -0.3 is 10.2 Å². The molecule has 3 aromatic rings. The Balaban J connectivity index is 1.29. The highest BCUT2D eigenvalue weighted by Crippen LogP contribution is 2.30. The standard InChI is InChI=1S/C26H30N4O/c31-24(18-19-8-4-5-9-19)27-21-14-16-30(17-15-21)26-28-23-13-7-6-12-22(23)25(29-26)20-10-2-1-3-11-20/h1-3,6-7,10-13,19,21H,4-5,8-9,14-18H2,(H,27,31). The van der Waals surface area contributed by atoms with Gasteiger partial charge in [0.1, 0.15) is 0 Å². The van der Waals surface area contributed by atoms with Crippen LogP contribution in [0.5, 0.6) is 0 Å². The predicted molar refractivity (Wildman–Crippen MR) is 125 cm³/mol. The Kier molecular flexibility index (Phi) is 5.83. The second-order valence-electron chi connectivity index (χ2n) is 8.94. The molecule has 0 bridgehead atoms. The number of nitrogens with zero attached hydrogens (tertiary/aromatic N) is 3. The number of amides is 1. The maximum Gasteiger partial charge on any atom is 0.226 e. The van der Waals surface area contributed by atoms with Crippen LogP contribution in [0.2, 0.25) is 0 Å². The first-order valence-corrected chi connectivity index (χ1v) is 11.6. The molecule has 160 valence electrons. The number of fused-ring (bicyclic) bond motifs is 1. The Bertz CT molecular complexity index is 1040. The first-order chi connectivity index (χ1) is 15.3. The van der Waals surface area contributed by atoms with E-state index in [1.165, 1.54) is 25.7 Å². The molecule has 5 heteroatoms. The number of rotatable bonds is 5. The minimum absolute atomic E-state index is 0.235. The molecule has 0 atom stereocenters. The molecule has 1 aliphatic heterocycles. The van der Waals surface area contributed by atoms with Crippen molar-refractivity contribution in [1.82, 2.24) is 15.3 Å². The van der Waals surface area contributed by atoms with Gasteiger partial charge in [0.05, 0.1) is 11.2 Å². The Labute approximate surface area is 183 Å². The van der Waals surface area contributed by atoms with E-state index in [1.54, 1.807) is 0 Å². The van der Waals surface area contributed by atoms with Gasteiger partial charge in [-0.1, -0.05) is 61.4 Å².